The Morgan fingerprint density at radius 1 is 0.960 bits per heavy atom. The number of ether oxygens (including phenoxy) is 2. The molecule has 0 unspecified atom stereocenters. The first-order valence-corrected chi connectivity index (χ1v) is 9.51. The minimum atomic E-state index is 0.527. The maximum atomic E-state index is 5.44. The molecule has 0 atom stereocenters. The number of pyridine rings is 2. The van der Waals surface area contributed by atoms with Gasteiger partial charge in [0.1, 0.15) is 5.52 Å². The second-order valence-electron chi connectivity index (χ2n) is 7.17. The van der Waals surface area contributed by atoms with Crippen molar-refractivity contribution in [2.24, 2.45) is 0 Å². The first-order chi connectivity index (χ1) is 12.3. The molecule has 2 aromatic heterocycles. The van der Waals surface area contributed by atoms with Crippen LogP contribution >= 0.6 is 0 Å². The van der Waals surface area contributed by atoms with Crippen LogP contribution in [0.2, 0.25) is 0 Å². The van der Waals surface area contributed by atoms with E-state index in [9.17, 15) is 0 Å². The van der Waals surface area contributed by atoms with Crippen LogP contribution in [0.25, 0.3) is 11.0 Å². The second kappa shape index (κ2) is 7.06. The molecule has 0 saturated heterocycles. The van der Waals surface area contributed by atoms with Crippen molar-refractivity contribution in [1.82, 2.24) is 9.97 Å². The fourth-order valence-corrected chi connectivity index (χ4v) is 4.21. The Kier molecular flexibility index (Phi) is 4.64. The van der Waals surface area contributed by atoms with Gasteiger partial charge in [0.15, 0.2) is 5.75 Å². The summed E-state index contributed by atoms with van der Waals surface area (Å²) in [6.45, 7) is 0. The highest BCUT2D eigenvalue weighted by atomic mass is 16.5. The first kappa shape index (κ1) is 16.4. The highest BCUT2D eigenvalue weighted by Gasteiger charge is 2.23. The fraction of sp³-hybridized carbons (Fsp3) is 0.600. The number of rotatable bonds is 4. The van der Waals surface area contributed by atoms with Gasteiger partial charge in [-0.1, -0.05) is 19.3 Å². The van der Waals surface area contributed by atoms with Gasteiger partial charge in [-0.05, 0) is 44.1 Å². The van der Waals surface area contributed by atoms with Gasteiger partial charge in [0.25, 0.3) is 5.88 Å². The molecule has 0 spiro atoms. The molecule has 1 saturated carbocycles. The number of hydrogen-bond acceptors (Lipinski definition) is 5. The Morgan fingerprint density at radius 3 is 2.52 bits per heavy atom. The molecule has 2 aliphatic carbocycles. The number of anilines is 1. The molecule has 25 heavy (non-hydrogen) atoms. The van der Waals surface area contributed by atoms with E-state index in [1.807, 2.05) is 6.07 Å². The number of nitrogens with one attached hydrogen (secondary N) is 1. The monoisotopic (exact) mass is 341 g/mol. The van der Waals surface area contributed by atoms with Crippen molar-refractivity contribution in [3.05, 3.63) is 17.3 Å². The van der Waals surface area contributed by atoms with E-state index in [-0.39, 0.29) is 0 Å². The third kappa shape index (κ3) is 3.12. The van der Waals surface area contributed by atoms with Gasteiger partial charge in [-0.2, -0.15) is 0 Å². The molecule has 4 rings (SSSR count). The lowest BCUT2D eigenvalue weighted by Gasteiger charge is -2.28. The number of aromatic nitrogens is 2. The van der Waals surface area contributed by atoms with E-state index in [1.165, 1.54) is 61.9 Å². The van der Waals surface area contributed by atoms with Crippen molar-refractivity contribution in [1.29, 1.82) is 0 Å². The Hall–Kier alpha value is -2.04. The lowest BCUT2D eigenvalue weighted by Crippen LogP contribution is -2.24. The van der Waals surface area contributed by atoms with E-state index in [2.05, 4.69) is 5.32 Å². The lowest BCUT2D eigenvalue weighted by atomic mass is 9.91. The largest absolute Gasteiger partial charge is 0.491 e. The number of fused-ring (bicyclic) bond motifs is 2. The van der Waals surface area contributed by atoms with Crippen molar-refractivity contribution >= 4 is 16.7 Å². The smallest absolute Gasteiger partial charge is 0.257 e. The minimum Gasteiger partial charge on any atom is -0.491 e. The molecule has 2 heterocycles. The highest BCUT2D eigenvalue weighted by Crippen LogP contribution is 2.37. The summed E-state index contributed by atoms with van der Waals surface area (Å²) in [5.41, 5.74) is 5.60. The molecule has 1 fully saturated rings. The number of methoxy groups -OCH3 is 2. The van der Waals surface area contributed by atoms with Crippen molar-refractivity contribution in [2.45, 2.75) is 63.8 Å². The van der Waals surface area contributed by atoms with Crippen LogP contribution < -0.4 is 14.8 Å². The van der Waals surface area contributed by atoms with Crippen molar-refractivity contribution < 1.29 is 9.47 Å². The van der Waals surface area contributed by atoms with Gasteiger partial charge >= 0.3 is 0 Å². The minimum absolute atomic E-state index is 0.527. The predicted molar refractivity (Wildman–Crippen MR) is 99.8 cm³/mol. The summed E-state index contributed by atoms with van der Waals surface area (Å²) in [5, 5.41) is 3.84. The van der Waals surface area contributed by atoms with Gasteiger partial charge in [-0.3, -0.25) is 4.98 Å². The van der Waals surface area contributed by atoms with Crippen molar-refractivity contribution in [3.63, 3.8) is 0 Å². The van der Waals surface area contributed by atoms with Gasteiger partial charge in [0, 0.05) is 17.8 Å². The van der Waals surface area contributed by atoms with E-state index in [4.69, 9.17) is 19.4 Å². The summed E-state index contributed by atoms with van der Waals surface area (Å²) in [4.78, 5) is 9.68. The molecule has 134 valence electrons. The lowest BCUT2D eigenvalue weighted by molar-refractivity contribution is 0.344. The van der Waals surface area contributed by atoms with E-state index >= 15 is 0 Å². The van der Waals surface area contributed by atoms with Crippen LogP contribution in [-0.2, 0) is 12.8 Å². The van der Waals surface area contributed by atoms with Crippen LogP contribution in [-0.4, -0.2) is 30.2 Å². The average molecular weight is 341 g/mol. The fourth-order valence-electron chi connectivity index (χ4n) is 4.21. The standard InChI is InChI=1S/C20H27N3O2/c1-24-17-12-16-19(23-20(17)25-2)18(21-13-8-4-3-5-9-13)14-10-6-7-11-15(14)22-16/h12-13H,3-11H2,1-2H3,(H,21,22). The number of nitrogens with zero attached hydrogens (tertiary/aromatic N) is 2. The maximum Gasteiger partial charge on any atom is 0.257 e. The van der Waals surface area contributed by atoms with E-state index in [1.54, 1.807) is 14.2 Å². The topological polar surface area (TPSA) is 56.3 Å². The summed E-state index contributed by atoms with van der Waals surface area (Å²) >= 11 is 0. The molecular weight excluding hydrogens is 314 g/mol. The Labute approximate surface area is 149 Å². The van der Waals surface area contributed by atoms with Crippen LogP contribution in [0.5, 0.6) is 11.6 Å². The molecule has 0 aromatic carbocycles. The van der Waals surface area contributed by atoms with Gasteiger partial charge < -0.3 is 14.8 Å². The van der Waals surface area contributed by atoms with Crippen LogP contribution in [0.4, 0.5) is 5.69 Å². The number of hydrogen-bond donors (Lipinski definition) is 1. The Balaban J connectivity index is 1.86. The molecule has 2 aliphatic rings. The SMILES string of the molecule is COc1cc2nc3c(c(NC4CCCCC4)c2nc1OC)CCCC3. The Bertz CT molecular complexity index is 764. The summed E-state index contributed by atoms with van der Waals surface area (Å²) in [6.07, 6.45) is 11.1. The molecular formula is C20H27N3O2. The Morgan fingerprint density at radius 2 is 1.76 bits per heavy atom. The van der Waals surface area contributed by atoms with E-state index < -0.39 is 0 Å². The molecule has 5 nitrogen and oxygen atoms in total. The summed E-state index contributed by atoms with van der Waals surface area (Å²) in [6, 6.07) is 2.50. The van der Waals surface area contributed by atoms with Crippen molar-refractivity contribution in [3.8, 4) is 11.6 Å². The normalized spacial score (nSPS) is 18.0. The first-order valence-electron chi connectivity index (χ1n) is 9.51. The van der Waals surface area contributed by atoms with Crippen molar-refractivity contribution in [2.75, 3.05) is 19.5 Å². The third-order valence-electron chi connectivity index (χ3n) is 5.53. The van der Waals surface area contributed by atoms with E-state index in [0.29, 0.717) is 17.7 Å². The summed E-state index contributed by atoms with van der Waals surface area (Å²) in [7, 11) is 3.28. The molecule has 1 N–H and O–H groups in total. The summed E-state index contributed by atoms with van der Waals surface area (Å²) < 4.78 is 10.9. The molecule has 0 bridgehead atoms. The zero-order chi connectivity index (χ0) is 17.2. The summed E-state index contributed by atoms with van der Waals surface area (Å²) in [5.74, 6) is 1.17. The van der Waals surface area contributed by atoms with Crippen LogP contribution in [0.1, 0.15) is 56.2 Å². The van der Waals surface area contributed by atoms with Gasteiger partial charge in [-0.25, -0.2) is 4.98 Å². The van der Waals surface area contributed by atoms with E-state index in [0.717, 1.165) is 23.9 Å². The van der Waals surface area contributed by atoms with Gasteiger partial charge in [0.2, 0.25) is 0 Å². The van der Waals surface area contributed by atoms with Gasteiger partial charge in [-0.15, -0.1) is 0 Å². The maximum absolute atomic E-state index is 5.44. The second-order valence-corrected chi connectivity index (χ2v) is 7.17. The van der Waals surface area contributed by atoms with Crippen LogP contribution in [0.15, 0.2) is 6.07 Å². The number of aryl methyl sites for hydroxylation is 1. The van der Waals surface area contributed by atoms with Crippen LogP contribution in [0, 0.1) is 0 Å². The average Bonchev–Trinajstić information content (AvgIpc) is 2.67. The zero-order valence-electron chi connectivity index (χ0n) is 15.2. The molecule has 2 aromatic rings. The quantitative estimate of drug-likeness (QED) is 0.900. The zero-order valence-corrected chi connectivity index (χ0v) is 15.2. The predicted octanol–water partition coefficient (Wildman–Crippen LogP) is 4.27. The molecule has 0 aliphatic heterocycles. The molecule has 0 radical (unpaired) electrons. The molecule has 0 amide bonds. The molecule has 5 heteroatoms. The van der Waals surface area contributed by atoms with Crippen LogP contribution in [0.3, 0.4) is 0 Å². The third-order valence-corrected chi connectivity index (χ3v) is 5.53. The highest BCUT2D eigenvalue weighted by molar-refractivity contribution is 5.91. The van der Waals surface area contributed by atoms with Gasteiger partial charge in [0.05, 0.1) is 25.4 Å².